The number of carbonyl (C=O) groups excluding carboxylic acids is 2. The van der Waals surface area contributed by atoms with Crippen molar-refractivity contribution in [2.24, 2.45) is 0 Å². The number of ketones is 2. The number of benzene rings is 1. The molecule has 4 nitrogen and oxygen atoms in total. The van der Waals surface area contributed by atoms with Crippen LogP contribution >= 0.6 is 31.9 Å². The zero-order valence-corrected chi connectivity index (χ0v) is 18.6. The minimum Gasteiger partial charge on any atom is -0.487 e. The van der Waals surface area contributed by atoms with Crippen LogP contribution in [-0.2, 0) is 9.59 Å². The standard InChI is InChI=1S/C22H21Br2NO3/c1-2-9-28-22-13(23)10-12(11-14(22)24)19-20-15(5-3-7-17(20)26)25-16-6-4-8-18(27)21(16)19/h2,10-11,19,25H,1,3-9H2. The number of nitrogens with one attached hydrogen (secondary N) is 1. The molecule has 1 N–H and O–H groups in total. The average molecular weight is 507 g/mol. The molecule has 0 fully saturated rings. The normalized spacial score (nSPS) is 19.9. The Bertz CT molecular complexity index is 880. The number of hydrogen-bond acceptors (Lipinski definition) is 4. The molecule has 0 radical (unpaired) electrons. The van der Waals surface area contributed by atoms with Crippen LogP contribution in [0.4, 0.5) is 0 Å². The second kappa shape index (κ2) is 7.99. The van der Waals surface area contributed by atoms with Gasteiger partial charge in [-0.3, -0.25) is 9.59 Å². The molecule has 1 aromatic carbocycles. The summed E-state index contributed by atoms with van der Waals surface area (Å²) in [6, 6.07) is 3.94. The topological polar surface area (TPSA) is 55.4 Å². The van der Waals surface area contributed by atoms with Crippen molar-refractivity contribution in [2.45, 2.75) is 44.4 Å². The minimum atomic E-state index is -0.312. The quantitative estimate of drug-likeness (QED) is 0.549. The van der Waals surface area contributed by atoms with Gasteiger partial charge in [-0.2, -0.15) is 0 Å². The van der Waals surface area contributed by atoms with Crippen molar-refractivity contribution in [1.82, 2.24) is 5.32 Å². The summed E-state index contributed by atoms with van der Waals surface area (Å²) in [6.07, 6.45) is 6.19. The summed E-state index contributed by atoms with van der Waals surface area (Å²) in [5.41, 5.74) is 4.44. The summed E-state index contributed by atoms with van der Waals surface area (Å²) >= 11 is 7.19. The van der Waals surface area contributed by atoms with Gasteiger partial charge in [0, 0.05) is 41.3 Å². The van der Waals surface area contributed by atoms with Gasteiger partial charge in [-0.05, 0) is 75.2 Å². The van der Waals surface area contributed by atoms with E-state index in [1.165, 1.54) is 0 Å². The lowest BCUT2D eigenvalue weighted by molar-refractivity contribution is -0.116. The van der Waals surface area contributed by atoms with Gasteiger partial charge >= 0.3 is 0 Å². The summed E-state index contributed by atoms with van der Waals surface area (Å²) in [5, 5.41) is 3.44. The van der Waals surface area contributed by atoms with Gasteiger partial charge in [0.1, 0.15) is 12.4 Å². The maximum atomic E-state index is 12.9. The molecule has 0 atom stereocenters. The van der Waals surface area contributed by atoms with E-state index in [0.717, 1.165) is 62.7 Å². The van der Waals surface area contributed by atoms with Crippen LogP contribution in [0.15, 0.2) is 56.3 Å². The second-order valence-corrected chi connectivity index (χ2v) is 9.02. The highest BCUT2D eigenvalue weighted by Crippen LogP contribution is 2.47. The zero-order valence-electron chi connectivity index (χ0n) is 15.4. The Labute approximate surface area is 181 Å². The van der Waals surface area contributed by atoms with Gasteiger partial charge in [0.05, 0.1) is 8.95 Å². The molecule has 28 heavy (non-hydrogen) atoms. The molecule has 1 heterocycles. The zero-order chi connectivity index (χ0) is 19.8. The van der Waals surface area contributed by atoms with Crippen molar-refractivity contribution in [1.29, 1.82) is 0 Å². The lowest BCUT2D eigenvalue weighted by Crippen LogP contribution is -2.36. The molecule has 1 aromatic rings. The molecule has 0 spiro atoms. The Kier molecular flexibility index (Phi) is 5.61. The third-order valence-electron chi connectivity index (χ3n) is 5.49. The minimum absolute atomic E-state index is 0.142. The molecular formula is C22H21Br2NO3. The lowest BCUT2D eigenvalue weighted by Gasteiger charge is -2.37. The van der Waals surface area contributed by atoms with Crippen LogP contribution in [-0.4, -0.2) is 18.2 Å². The first-order valence-corrected chi connectivity index (χ1v) is 11.1. The summed E-state index contributed by atoms with van der Waals surface area (Å²) in [5.74, 6) is 0.657. The van der Waals surface area contributed by atoms with Gasteiger partial charge in [-0.25, -0.2) is 0 Å². The van der Waals surface area contributed by atoms with Crippen molar-refractivity contribution in [3.05, 3.63) is 61.8 Å². The smallest absolute Gasteiger partial charge is 0.161 e. The van der Waals surface area contributed by atoms with Crippen LogP contribution in [0, 0.1) is 0 Å². The number of carbonyl (C=O) groups is 2. The van der Waals surface area contributed by atoms with Gasteiger partial charge in [0.15, 0.2) is 11.6 Å². The lowest BCUT2D eigenvalue weighted by atomic mass is 9.71. The fourth-order valence-corrected chi connectivity index (χ4v) is 5.79. The van der Waals surface area contributed by atoms with E-state index in [1.807, 2.05) is 12.1 Å². The fourth-order valence-electron chi connectivity index (χ4n) is 4.34. The number of Topliss-reactive ketones (excluding diaryl/α,β-unsaturated/α-hetero) is 2. The van der Waals surface area contributed by atoms with Crippen molar-refractivity contribution in [3.63, 3.8) is 0 Å². The van der Waals surface area contributed by atoms with Crippen molar-refractivity contribution in [2.75, 3.05) is 6.61 Å². The first kappa shape index (κ1) is 19.6. The predicted molar refractivity (Wildman–Crippen MR) is 115 cm³/mol. The Hall–Kier alpha value is -1.66. The monoisotopic (exact) mass is 505 g/mol. The fraction of sp³-hybridized carbons (Fsp3) is 0.364. The largest absolute Gasteiger partial charge is 0.487 e. The number of allylic oxidation sites excluding steroid dienone is 4. The van der Waals surface area contributed by atoms with E-state index in [2.05, 4.69) is 43.8 Å². The number of halogens is 2. The highest BCUT2D eigenvalue weighted by molar-refractivity contribution is 9.11. The van der Waals surface area contributed by atoms with Crippen LogP contribution in [0.25, 0.3) is 0 Å². The molecule has 0 bridgehead atoms. The highest BCUT2D eigenvalue weighted by atomic mass is 79.9. The summed E-state index contributed by atoms with van der Waals surface area (Å²) < 4.78 is 7.30. The molecule has 0 saturated heterocycles. The predicted octanol–water partition coefficient (Wildman–Crippen LogP) is 5.48. The van der Waals surface area contributed by atoms with E-state index in [9.17, 15) is 9.59 Å². The Morgan fingerprint density at radius 2 is 1.54 bits per heavy atom. The second-order valence-electron chi connectivity index (χ2n) is 7.31. The summed E-state index contributed by atoms with van der Waals surface area (Å²) in [7, 11) is 0. The molecular weight excluding hydrogens is 486 g/mol. The van der Waals surface area contributed by atoms with Crippen molar-refractivity contribution in [3.8, 4) is 5.75 Å². The Morgan fingerprint density at radius 3 is 2.04 bits per heavy atom. The molecule has 0 saturated carbocycles. The van der Waals surface area contributed by atoms with E-state index >= 15 is 0 Å². The van der Waals surface area contributed by atoms with E-state index < -0.39 is 0 Å². The highest BCUT2D eigenvalue weighted by Gasteiger charge is 2.40. The maximum Gasteiger partial charge on any atom is 0.161 e. The number of ether oxygens (including phenoxy) is 1. The number of rotatable bonds is 4. The van der Waals surface area contributed by atoms with Crippen LogP contribution in [0.1, 0.15) is 50.0 Å². The molecule has 0 aromatic heterocycles. The SMILES string of the molecule is C=CCOc1c(Br)cc(C2C3=C(CCCC3=O)NC3=C2C(=O)CCC3)cc1Br. The van der Waals surface area contributed by atoms with Crippen LogP contribution in [0.3, 0.4) is 0 Å². The van der Waals surface area contributed by atoms with Crippen LogP contribution < -0.4 is 10.1 Å². The molecule has 1 aliphatic heterocycles. The van der Waals surface area contributed by atoms with Gasteiger partial charge in [0.2, 0.25) is 0 Å². The maximum absolute atomic E-state index is 12.9. The Balaban J connectivity index is 1.86. The third-order valence-corrected chi connectivity index (χ3v) is 6.67. The number of hydrogen-bond donors (Lipinski definition) is 1. The van der Waals surface area contributed by atoms with Gasteiger partial charge in [-0.15, -0.1) is 0 Å². The van der Waals surface area contributed by atoms with E-state index in [1.54, 1.807) is 6.08 Å². The van der Waals surface area contributed by atoms with Crippen molar-refractivity contribution >= 4 is 43.4 Å². The van der Waals surface area contributed by atoms with Gasteiger partial charge in [-0.1, -0.05) is 12.7 Å². The molecule has 6 heteroatoms. The van der Waals surface area contributed by atoms with Crippen LogP contribution in [0.2, 0.25) is 0 Å². The first-order chi connectivity index (χ1) is 13.5. The third kappa shape index (κ3) is 3.41. The average Bonchev–Trinajstić information content (AvgIpc) is 2.66. The van der Waals surface area contributed by atoms with E-state index in [4.69, 9.17) is 4.74 Å². The van der Waals surface area contributed by atoms with E-state index in [-0.39, 0.29) is 17.5 Å². The number of dihydropyridines is 1. The van der Waals surface area contributed by atoms with Gasteiger partial charge in [0.25, 0.3) is 0 Å². The molecule has 3 aliphatic rings. The molecule has 2 aliphatic carbocycles. The summed E-state index contributed by atoms with van der Waals surface area (Å²) in [6.45, 7) is 4.08. The van der Waals surface area contributed by atoms with Gasteiger partial charge < -0.3 is 10.1 Å². The molecule has 0 unspecified atom stereocenters. The molecule has 4 rings (SSSR count). The van der Waals surface area contributed by atoms with Crippen LogP contribution in [0.5, 0.6) is 5.75 Å². The van der Waals surface area contributed by atoms with Crippen molar-refractivity contribution < 1.29 is 14.3 Å². The summed E-state index contributed by atoms with van der Waals surface area (Å²) in [4.78, 5) is 25.8. The molecule has 0 amide bonds. The first-order valence-electron chi connectivity index (χ1n) is 9.53. The van der Waals surface area contributed by atoms with E-state index in [0.29, 0.717) is 25.2 Å². The Morgan fingerprint density at radius 1 is 1.00 bits per heavy atom. The molecule has 146 valence electrons.